The quantitative estimate of drug-likeness (QED) is 0.566. The largest absolute Gasteiger partial charge is 0.497 e. The number of amides is 1. The number of hydrogen-bond acceptors (Lipinski definition) is 5. The number of benzene rings is 1. The fourth-order valence-corrected chi connectivity index (χ4v) is 3.65. The number of ether oxygens (including phenoxy) is 2. The minimum absolute atomic E-state index is 0.157. The third-order valence-corrected chi connectivity index (χ3v) is 4.98. The van der Waals surface area contributed by atoms with Gasteiger partial charge in [0.05, 0.1) is 13.2 Å². The van der Waals surface area contributed by atoms with Crippen molar-refractivity contribution in [1.82, 2.24) is 4.90 Å². The maximum absolute atomic E-state index is 11.9. The fraction of sp³-hybridized carbons (Fsp3) is 0.412. The smallest absolute Gasteiger partial charge is 0.410 e. The van der Waals surface area contributed by atoms with E-state index in [0.29, 0.717) is 13.0 Å². The van der Waals surface area contributed by atoms with Crippen LogP contribution >= 0.6 is 11.8 Å². The van der Waals surface area contributed by atoms with Gasteiger partial charge in [-0.2, -0.15) is 11.8 Å². The van der Waals surface area contributed by atoms with Crippen LogP contribution in [0, 0.1) is 0 Å². The number of aldehydes is 1. The molecule has 5 nitrogen and oxygen atoms in total. The summed E-state index contributed by atoms with van der Waals surface area (Å²) < 4.78 is 10.2. The van der Waals surface area contributed by atoms with Crippen LogP contribution in [0.4, 0.5) is 4.79 Å². The molecule has 1 aliphatic heterocycles. The Kier molecular flexibility index (Phi) is 6.52. The highest BCUT2D eigenvalue weighted by molar-refractivity contribution is 7.99. The van der Waals surface area contributed by atoms with E-state index in [0.717, 1.165) is 17.8 Å². The second-order valence-corrected chi connectivity index (χ2v) is 6.53. The first kappa shape index (κ1) is 17.4. The summed E-state index contributed by atoms with van der Waals surface area (Å²) in [6.45, 7) is 4.20. The Morgan fingerprint density at radius 3 is 2.78 bits per heavy atom. The number of hydrogen-bond donors (Lipinski definition) is 0. The first-order valence-corrected chi connectivity index (χ1v) is 8.47. The average molecular weight is 335 g/mol. The molecule has 1 aliphatic rings. The van der Waals surface area contributed by atoms with Crippen LogP contribution in [0.3, 0.4) is 0 Å². The van der Waals surface area contributed by atoms with E-state index < -0.39 is 12.1 Å². The summed E-state index contributed by atoms with van der Waals surface area (Å²) in [7, 11) is 1.64. The minimum atomic E-state index is -0.449. The lowest BCUT2D eigenvalue weighted by molar-refractivity contribution is -0.111. The Balaban J connectivity index is 1.87. The van der Waals surface area contributed by atoms with Gasteiger partial charge in [0.15, 0.2) is 0 Å². The Bertz CT molecular complexity index is 546. The summed E-state index contributed by atoms with van der Waals surface area (Å²) in [5.41, 5.74) is 1.19. The van der Waals surface area contributed by atoms with Gasteiger partial charge in [0.25, 0.3) is 0 Å². The molecule has 1 heterocycles. The van der Waals surface area contributed by atoms with E-state index in [2.05, 4.69) is 6.58 Å². The molecular formula is C17H21NO4S. The van der Waals surface area contributed by atoms with E-state index in [-0.39, 0.29) is 11.9 Å². The van der Waals surface area contributed by atoms with Crippen LogP contribution in [0.5, 0.6) is 5.75 Å². The molecule has 0 N–H and O–H groups in total. The van der Waals surface area contributed by atoms with E-state index >= 15 is 0 Å². The van der Waals surface area contributed by atoms with Gasteiger partial charge in [0, 0.05) is 17.5 Å². The molecule has 0 aliphatic carbocycles. The Labute approximate surface area is 140 Å². The van der Waals surface area contributed by atoms with Crippen LogP contribution in [0.15, 0.2) is 36.9 Å². The molecule has 124 valence electrons. The van der Waals surface area contributed by atoms with Gasteiger partial charge in [0.1, 0.15) is 18.6 Å². The first-order valence-electron chi connectivity index (χ1n) is 7.42. The SMILES string of the molecule is C=CCOC(=O)N1C[C@@H](SCc2ccc(OC)cc2)C[C@H]1C=O. The summed E-state index contributed by atoms with van der Waals surface area (Å²) >= 11 is 1.75. The second kappa shape index (κ2) is 8.62. The Morgan fingerprint density at radius 1 is 1.43 bits per heavy atom. The number of thioether (sulfide) groups is 1. The third-order valence-electron chi connectivity index (χ3n) is 3.67. The van der Waals surface area contributed by atoms with E-state index in [1.165, 1.54) is 16.5 Å². The van der Waals surface area contributed by atoms with Crippen molar-refractivity contribution in [3.05, 3.63) is 42.5 Å². The normalized spacial score (nSPS) is 20.1. The van der Waals surface area contributed by atoms with Crippen LogP contribution in [0.2, 0.25) is 0 Å². The van der Waals surface area contributed by atoms with Crippen molar-refractivity contribution in [1.29, 1.82) is 0 Å². The highest BCUT2D eigenvalue weighted by Crippen LogP contribution is 2.30. The number of rotatable bonds is 7. The lowest BCUT2D eigenvalue weighted by atomic mass is 10.2. The predicted molar refractivity (Wildman–Crippen MR) is 90.8 cm³/mol. The van der Waals surface area contributed by atoms with Gasteiger partial charge in [-0.15, -0.1) is 0 Å². The monoisotopic (exact) mass is 335 g/mol. The zero-order valence-electron chi connectivity index (χ0n) is 13.1. The van der Waals surface area contributed by atoms with Crippen molar-refractivity contribution < 1.29 is 19.1 Å². The summed E-state index contributed by atoms with van der Waals surface area (Å²) in [4.78, 5) is 24.6. The summed E-state index contributed by atoms with van der Waals surface area (Å²) in [5, 5.41) is 0.226. The molecule has 0 saturated carbocycles. The number of methoxy groups -OCH3 is 1. The van der Waals surface area contributed by atoms with Gasteiger partial charge in [-0.25, -0.2) is 4.79 Å². The molecule has 23 heavy (non-hydrogen) atoms. The molecule has 0 radical (unpaired) electrons. The van der Waals surface area contributed by atoms with Crippen molar-refractivity contribution in [3.8, 4) is 5.75 Å². The second-order valence-electron chi connectivity index (χ2n) is 5.24. The van der Waals surface area contributed by atoms with Gasteiger partial charge >= 0.3 is 6.09 Å². The maximum atomic E-state index is 11.9. The molecule has 1 amide bonds. The minimum Gasteiger partial charge on any atom is -0.497 e. The predicted octanol–water partition coefficient (Wildman–Crippen LogP) is 2.89. The van der Waals surface area contributed by atoms with Crippen molar-refractivity contribution in [2.24, 2.45) is 0 Å². The van der Waals surface area contributed by atoms with Crippen LogP contribution in [-0.4, -0.2) is 48.8 Å². The van der Waals surface area contributed by atoms with E-state index in [1.54, 1.807) is 18.9 Å². The highest BCUT2D eigenvalue weighted by atomic mass is 32.2. The lowest BCUT2D eigenvalue weighted by Crippen LogP contribution is -2.37. The molecule has 6 heteroatoms. The molecule has 0 unspecified atom stereocenters. The molecule has 1 fully saturated rings. The zero-order chi connectivity index (χ0) is 16.7. The fourth-order valence-electron chi connectivity index (χ4n) is 2.43. The van der Waals surface area contributed by atoms with E-state index in [1.807, 2.05) is 24.3 Å². The molecule has 2 atom stereocenters. The van der Waals surface area contributed by atoms with Gasteiger partial charge in [-0.1, -0.05) is 24.8 Å². The number of likely N-dealkylation sites (tertiary alicyclic amines) is 1. The Hall–Kier alpha value is -1.95. The third kappa shape index (κ3) is 4.76. The van der Waals surface area contributed by atoms with Gasteiger partial charge in [0.2, 0.25) is 0 Å². The molecule has 1 saturated heterocycles. The lowest BCUT2D eigenvalue weighted by Gasteiger charge is -2.19. The van der Waals surface area contributed by atoms with Crippen LogP contribution in [0.1, 0.15) is 12.0 Å². The molecule has 1 aromatic rings. The average Bonchev–Trinajstić information content (AvgIpc) is 3.01. The summed E-state index contributed by atoms with van der Waals surface area (Å²) in [5.74, 6) is 1.66. The molecule has 2 rings (SSSR count). The van der Waals surface area contributed by atoms with Crippen LogP contribution in [-0.2, 0) is 15.3 Å². The van der Waals surface area contributed by atoms with Gasteiger partial charge in [-0.05, 0) is 24.1 Å². The molecular weight excluding hydrogens is 314 g/mol. The summed E-state index contributed by atoms with van der Waals surface area (Å²) in [6, 6.07) is 7.50. The van der Waals surface area contributed by atoms with Crippen molar-refractivity contribution in [3.63, 3.8) is 0 Å². The van der Waals surface area contributed by atoms with Crippen molar-refractivity contribution in [2.75, 3.05) is 20.3 Å². The van der Waals surface area contributed by atoms with Crippen molar-refractivity contribution >= 4 is 24.1 Å². The van der Waals surface area contributed by atoms with Crippen LogP contribution in [0.25, 0.3) is 0 Å². The highest BCUT2D eigenvalue weighted by Gasteiger charge is 2.36. The molecule has 0 aromatic heterocycles. The van der Waals surface area contributed by atoms with Crippen LogP contribution < -0.4 is 4.74 Å². The zero-order valence-corrected chi connectivity index (χ0v) is 14.0. The number of carbonyl (C=O) groups excluding carboxylic acids is 2. The van der Waals surface area contributed by atoms with Gasteiger partial charge < -0.3 is 14.3 Å². The van der Waals surface area contributed by atoms with E-state index in [4.69, 9.17) is 9.47 Å². The number of nitrogens with zero attached hydrogens (tertiary/aromatic N) is 1. The molecule has 0 bridgehead atoms. The van der Waals surface area contributed by atoms with Gasteiger partial charge in [-0.3, -0.25) is 4.90 Å². The topological polar surface area (TPSA) is 55.8 Å². The number of carbonyl (C=O) groups is 2. The van der Waals surface area contributed by atoms with Crippen molar-refractivity contribution in [2.45, 2.75) is 23.5 Å². The maximum Gasteiger partial charge on any atom is 0.410 e. The standard InChI is InChI=1S/C17H21NO4S/c1-3-8-22-17(20)18-10-16(9-14(18)11-19)23-12-13-4-6-15(21-2)7-5-13/h3-7,11,14,16H,1,8-10,12H2,2H3/t14-,16-/m0/s1. The molecule has 0 spiro atoms. The Morgan fingerprint density at radius 2 is 2.17 bits per heavy atom. The summed E-state index contributed by atoms with van der Waals surface area (Å²) in [6.07, 6.45) is 2.55. The first-order chi connectivity index (χ1) is 11.2. The van der Waals surface area contributed by atoms with E-state index in [9.17, 15) is 9.59 Å². The molecule has 1 aromatic carbocycles.